The van der Waals surface area contributed by atoms with Crippen LogP contribution in [0.15, 0.2) is 22.3 Å². The van der Waals surface area contributed by atoms with Crippen molar-refractivity contribution in [2.45, 2.75) is 73.0 Å². The number of rotatable bonds is 5. The van der Waals surface area contributed by atoms with E-state index in [4.69, 9.17) is 13.9 Å². The number of ether oxygens (including phenoxy) is 2. The molecule has 2 aliphatic carbocycles. The van der Waals surface area contributed by atoms with Crippen molar-refractivity contribution < 1.29 is 33.4 Å². The number of esters is 2. The summed E-state index contributed by atoms with van der Waals surface area (Å²) in [7, 11) is 0. The van der Waals surface area contributed by atoms with Gasteiger partial charge in [-0.2, -0.15) is 0 Å². The Labute approximate surface area is 182 Å². The van der Waals surface area contributed by atoms with E-state index in [2.05, 4.69) is 0 Å². The normalized spacial score (nSPS) is 30.4. The number of furan rings is 1. The van der Waals surface area contributed by atoms with Gasteiger partial charge in [-0.05, 0) is 45.1 Å². The fraction of sp³-hybridized carbons (Fsp3) is 0.625. The molecule has 1 heterocycles. The van der Waals surface area contributed by atoms with Gasteiger partial charge in [-0.25, -0.2) is 4.79 Å². The third-order valence-electron chi connectivity index (χ3n) is 7.07. The standard InChI is InChI=1S/C24H32O7/c1-7-13(4)23(28)30-16-9-8-15-10-17-18(14(5)11-29-17)20(31-22(27)12(2)3)24(15,6)19(16)21(25)26/h7,11-12,15-16,19-20H,8-10H2,1-6H3,(H,25,26)/t15-,16+,19-,20-,24+/m1/s1. The first kappa shape index (κ1) is 23.1. The van der Waals surface area contributed by atoms with Crippen LogP contribution in [0.5, 0.6) is 0 Å². The van der Waals surface area contributed by atoms with Crippen molar-refractivity contribution in [3.05, 3.63) is 34.8 Å². The largest absolute Gasteiger partial charge is 0.481 e. The van der Waals surface area contributed by atoms with Gasteiger partial charge in [0.25, 0.3) is 0 Å². The molecule has 0 bridgehead atoms. The minimum absolute atomic E-state index is 0.0885. The summed E-state index contributed by atoms with van der Waals surface area (Å²) in [6.07, 6.45) is 3.30. The molecule has 0 spiro atoms. The molecule has 31 heavy (non-hydrogen) atoms. The van der Waals surface area contributed by atoms with Crippen LogP contribution in [-0.2, 0) is 30.3 Å². The monoisotopic (exact) mass is 432 g/mol. The Morgan fingerprint density at radius 2 is 1.94 bits per heavy atom. The molecule has 3 rings (SSSR count). The molecular weight excluding hydrogens is 400 g/mol. The number of carbonyl (C=O) groups excluding carboxylic acids is 2. The van der Waals surface area contributed by atoms with E-state index in [1.807, 2.05) is 13.8 Å². The van der Waals surface area contributed by atoms with E-state index in [-0.39, 0.29) is 11.8 Å². The fourth-order valence-corrected chi connectivity index (χ4v) is 5.09. The summed E-state index contributed by atoms with van der Waals surface area (Å²) in [6.45, 7) is 10.6. The molecule has 170 valence electrons. The molecule has 2 aliphatic rings. The Morgan fingerprint density at radius 1 is 1.26 bits per heavy atom. The third kappa shape index (κ3) is 3.90. The quantitative estimate of drug-likeness (QED) is 0.544. The predicted octanol–water partition coefficient (Wildman–Crippen LogP) is 4.38. The van der Waals surface area contributed by atoms with E-state index < -0.39 is 41.4 Å². The van der Waals surface area contributed by atoms with Gasteiger partial charge in [0.05, 0.1) is 12.2 Å². The second kappa shape index (κ2) is 8.52. The predicted molar refractivity (Wildman–Crippen MR) is 112 cm³/mol. The van der Waals surface area contributed by atoms with Crippen LogP contribution in [0.3, 0.4) is 0 Å². The highest BCUT2D eigenvalue weighted by Crippen LogP contribution is 2.60. The van der Waals surface area contributed by atoms with E-state index in [1.165, 1.54) is 0 Å². The minimum atomic E-state index is -1.06. The van der Waals surface area contributed by atoms with Gasteiger partial charge in [-0.1, -0.05) is 26.8 Å². The first-order valence-corrected chi connectivity index (χ1v) is 10.9. The average Bonchev–Trinajstić information content (AvgIpc) is 3.07. The van der Waals surface area contributed by atoms with Crippen molar-refractivity contribution >= 4 is 17.9 Å². The number of carboxylic acids is 1. The molecule has 1 aromatic heterocycles. The van der Waals surface area contributed by atoms with Gasteiger partial charge in [0.1, 0.15) is 23.9 Å². The molecule has 5 atom stereocenters. The van der Waals surface area contributed by atoms with Crippen LogP contribution in [0, 0.1) is 30.1 Å². The summed E-state index contributed by atoms with van der Waals surface area (Å²) in [5, 5.41) is 10.3. The lowest BCUT2D eigenvalue weighted by molar-refractivity contribution is -0.199. The third-order valence-corrected chi connectivity index (χ3v) is 7.07. The molecule has 1 N–H and O–H groups in total. The maximum Gasteiger partial charge on any atom is 0.333 e. The zero-order valence-corrected chi connectivity index (χ0v) is 19.1. The Morgan fingerprint density at radius 3 is 2.52 bits per heavy atom. The molecule has 0 unspecified atom stereocenters. The molecule has 0 aromatic carbocycles. The van der Waals surface area contributed by atoms with Gasteiger partial charge in [0, 0.05) is 23.0 Å². The summed E-state index contributed by atoms with van der Waals surface area (Å²) in [4.78, 5) is 37.7. The molecule has 0 saturated heterocycles. The topological polar surface area (TPSA) is 103 Å². The van der Waals surface area contributed by atoms with Crippen LogP contribution in [0.25, 0.3) is 0 Å². The van der Waals surface area contributed by atoms with Gasteiger partial charge in [0.15, 0.2) is 0 Å². The van der Waals surface area contributed by atoms with E-state index >= 15 is 0 Å². The molecule has 1 aromatic rings. The van der Waals surface area contributed by atoms with Crippen molar-refractivity contribution in [1.29, 1.82) is 0 Å². The summed E-state index contributed by atoms with van der Waals surface area (Å²) >= 11 is 0. The minimum Gasteiger partial charge on any atom is -0.481 e. The molecule has 7 heteroatoms. The molecule has 0 radical (unpaired) electrons. The van der Waals surface area contributed by atoms with Crippen molar-refractivity contribution in [2.24, 2.45) is 23.2 Å². The Balaban J connectivity index is 2.09. The number of aryl methyl sites for hydroxylation is 1. The maximum atomic E-state index is 12.6. The van der Waals surface area contributed by atoms with Gasteiger partial charge in [0.2, 0.25) is 0 Å². The van der Waals surface area contributed by atoms with E-state index in [9.17, 15) is 19.5 Å². The van der Waals surface area contributed by atoms with E-state index in [0.29, 0.717) is 24.8 Å². The zero-order valence-electron chi connectivity index (χ0n) is 19.1. The maximum absolute atomic E-state index is 12.6. The molecule has 0 aliphatic heterocycles. The molecule has 1 saturated carbocycles. The summed E-state index contributed by atoms with van der Waals surface area (Å²) in [5.74, 6) is -2.71. The average molecular weight is 433 g/mol. The van der Waals surface area contributed by atoms with Crippen molar-refractivity contribution in [3.8, 4) is 0 Å². The summed E-state index contributed by atoms with van der Waals surface area (Å²) in [5.41, 5.74) is 1.04. The Hall–Kier alpha value is -2.57. The number of hydrogen-bond acceptors (Lipinski definition) is 6. The number of aliphatic carboxylic acids is 1. The highest BCUT2D eigenvalue weighted by Gasteiger charge is 2.62. The second-order valence-corrected chi connectivity index (χ2v) is 9.30. The van der Waals surface area contributed by atoms with Crippen LogP contribution in [0.4, 0.5) is 0 Å². The number of carbonyl (C=O) groups is 3. The molecule has 0 amide bonds. The first-order valence-electron chi connectivity index (χ1n) is 10.9. The van der Waals surface area contributed by atoms with Gasteiger partial charge in [-0.3, -0.25) is 9.59 Å². The van der Waals surface area contributed by atoms with Crippen LogP contribution < -0.4 is 0 Å². The van der Waals surface area contributed by atoms with Gasteiger partial charge in [-0.15, -0.1) is 0 Å². The van der Waals surface area contributed by atoms with Crippen LogP contribution in [-0.4, -0.2) is 29.1 Å². The molecule has 7 nitrogen and oxygen atoms in total. The zero-order chi connectivity index (χ0) is 23.1. The van der Waals surface area contributed by atoms with Crippen molar-refractivity contribution in [3.63, 3.8) is 0 Å². The van der Waals surface area contributed by atoms with Crippen LogP contribution in [0.1, 0.15) is 70.5 Å². The lowest BCUT2D eigenvalue weighted by atomic mass is 9.53. The SMILES string of the molecule is CC=C(C)C(=O)O[C@H]1CC[C@@H]2Cc3occ(C)c3[C@@H](OC(=O)C(C)C)[C@]2(C)[C@H]1C(=O)O. The Kier molecular flexibility index (Phi) is 6.35. The van der Waals surface area contributed by atoms with Crippen molar-refractivity contribution in [1.82, 2.24) is 0 Å². The first-order chi connectivity index (χ1) is 14.5. The lowest BCUT2D eigenvalue weighted by Gasteiger charge is -2.54. The van der Waals surface area contributed by atoms with E-state index in [1.54, 1.807) is 40.0 Å². The highest BCUT2D eigenvalue weighted by molar-refractivity contribution is 5.88. The number of carboxylic acid groups (broad SMARTS) is 1. The van der Waals surface area contributed by atoms with Crippen LogP contribution >= 0.6 is 0 Å². The summed E-state index contributed by atoms with van der Waals surface area (Å²) in [6, 6.07) is 0. The number of fused-ring (bicyclic) bond motifs is 2. The van der Waals surface area contributed by atoms with E-state index in [0.717, 1.165) is 16.9 Å². The van der Waals surface area contributed by atoms with Gasteiger partial charge >= 0.3 is 17.9 Å². The molecular formula is C24H32O7. The number of allylic oxidation sites excluding steroid dienone is 1. The van der Waals surface area contributed by atoms with Crippen LogP contribution in [0.2, 0.25) is 0 Å². The molecule has 1 fully saturated rings. The smallest absolute Gasteiger partial charge is 0.333 e. The number of hydrogen-bond donors (Lipinski definition) is 1. The highest BCUT2D eigenvalue weighted by atomic mass is 16.6. The Bertz CT molecular complexity index is 909. The van der Waals surface area contributed by atoms with Gasteiger partial charge < -0.3 is 19.0 Å². The van der Waals surface area contributed by atoms with Crippen molar-refractivity contribution in [2.75, 3.05) is 0 Å². The summed E-state index contributed by atoms with van der Waals surface area (Å²) < 4.78 is 17.4. The lowest BCUT2D eigenvalue weighted by Crippen LogP contribution is -2.57. The second-order valence-electron chi connectivity index (χ2n) is 9.30. The fourth-order valence-electron chi connectivity index (χ4n) is 5.09.